The van der Waals surface area contributed by atoms with Crippen molar-refractivity contribution in [2.45, 2.75) is 27.2 Å². The van der Waals surface area contributed by atoms with E-state index in [4.69, 9.17) is 11.6 Å². The number of nitrogens with one attached hydrogen (secondary N) is 1. The zero-order valence-corrected chi connectivity index (χ0v) is 9.07. The number of amides is 1. The number of rotatable bonds is 5. The van der Waals surface area contributed by atoms with Crippen molar-refractivity contribution < 1.29 is 9.59 Å². The van der Waals surface area contributed by atoms with E-state index >= 15 is 0 Å². The maximum Gasteiger partial charge on any atom is 0.216 e. The number of Topliss-reactive ketones (excluding diaryl/α,β-unsaturated/α-hetero) is 1. The van der Waals surface area contributed by atoms with Gasteiger partial charge in [0.25, 0.3) is 0 Å². The fourth-order valence-electron chi connectivity index (χ4n) is 0.902. The molecule has 0 aromatic carbocycles. The molecule has 0 aliphatic rings. The fraction of sp³-hybridized carbons (Fsp3) is 0.778. The van der Waals surface area contributed by atoms with Crippen LogP contribution in [-0.4, -0.2) is 24.1 Å². The summed E-state index contributed by atoms with van der Waals surface area (Å²) in [5.74, 6) is -0.142. The van der Waals surface area contributed by atoms with Crippen molar-refractivity contribution in [3.63, 3.8) is 0 Å². The monoisotopic (exact) mass is 205 g/mol. The highest BCUT2D eigenvalue weighted by Crippen LogP contribution is 2.21. The van der Waals surface area contributed by atoms with Gasteiger partial charge in [-0.05, 0) is 6.42 Å². The Balaban J connectivity index is 4.27. The van der Waals surface area contributed by atoms with Gasteiger partial charge in [-0.2, -0.15) is 0 Å². The van der Waals surface area contributed by atoms with Crippen molar-refractivity contribution in [2.75, 3.05) is 12.4 Å². The van der Waals surface area contributed by atoms with Crippen LogP contribution in [0, 0.1) is 5.41 Å². The number of hydrogen-bond donors (Lipinski definition) is 1. The lowest BCUT2D eigenvalue weighted by Crippen LogP contribution is -2.40. The lowest BCUT2D eigenvalue weighted by atomic mass is 9.83. The van der Waals surface area contributed by atoms with E-state index in [1.807, 2.05) is 13.8 Å². The molecule has 0 aromatic rings. The minimum Gasteiger partial charge on any atom is -0.355 e. The van der Waals surface area contributed by atoms with E-state index in [0.29, 0.717) is 13.0 Å². The molecule has 0 aliphatic carbocycles. The minimum atomic E-state index is -0.520. The first-order valence-corrected chi connectivity index (χ1v) is 4.83. The highest BCUT2D eigenvalue weighted by molar-refractivity contribution is 6.28. The summed E-state index contributed by atoms with van der Waals surface area (Å²) in [7, 11) is 0. The van der Waals surface area contributed by atoms with E-state index in [1.54, 1.807) is 0 Å². The van der Waals surface area contributed by atoms with E-state index in [-0.39, 0.29) is 17.6 Å². The van der Waals surface area contributed by atoms with E-state index in [0.717, 1.165) is 0 Å². The number of ketones is 1. The quantitative estimate of drug-likeness (QED) is 0.689. The maximum absolute atomic E-state index is 11.4. The zero-order chi connectivity index (χ0) is 10.5. The normalized spacial score (nSPS) is 14.8. The largest absolute Gasteiger partial charge is 0.355 e. The SMILES string of the molecule is CCC(C)(CNC(C)=O)C(=O)CCl. The van der Waals surface area contributed by atoms with Crippen LogP contribution in [0.4, 0.5) is 0 Å². The molecule has 4 heteroatoms. The molecule has 0 saturated heterocycles. The van der Waals surface area contributed by atoms with Crippen LogP contribution in [0.3, 0.4) is 0 Å². The van der Waals surface area contributed by atoms with Crippen LogP contribution in [-0.2, 0) is 9.59 Å². The third-order valence-electron chi connectivity index (χ3n) is 2.30. The summed E-state index contributed by atoms with van der Waals surface area (Å²) in [4.78, 5) is 22.1. The molecular formula is C9H16ClNO2. The molecule has 0 heterocycles. The summed E-state index contributed by atoms with van der Waals surface area (Å²) in [5, 5.41) is 2.63. The van der Waals surface area contributed by atoms with E-state index in [9.17, 15) is 9.59 Å². The average Bonchev–Trinajstić information content (AvgIpc) is 2.12. The molecule has 13 heavy (non-hydrogen) atoms. The summed E-state index contributed by atoms with van der Waals surface area (Å²) in [5.41, 5.74) is -0.520. The number of carbonyl (C=O) groups is 2. The highest BCUT2D eigenvalue weighted by Gasteiger charge is 2.30. The third-order valence-corrected chi connectivity index (χ3v) is 2.55. The third kappa shape index (κ3) is 3.77. The van der Waals surface area contributed by atoms with Gasteiger partial charge in [-0.1, -0.05) is 13.8 Å². The second-order valence-corrected chi connectivity index (χ2v) is 3.65. The van der Waals surface area contributed by atoms with Crippen LogP contribution in [0.15, 0.2) is 0 Å². The Kier molecular flexibility index (Phi) is 4.99. The molecule has 0 saturated carbocycles. The average molecular weight is 206 g/mol. The van der Waals surface area contributed by atoms with Crippen LogP contribution in [0.25, 0.3) is 0 Å². The van der Waals surface area contributed by atoms with Crippen molar-refractivity contribution in [3.05, 3.63) is 0 Å². The van der Waals surface area contributed by atoms with Crippen LogP contribution in [0.2, 0.25) is 0 Å². The van der Waals surface area contributed by atoms with Crippen molar-refractivity contribution in [2.24, 2.45) is 5.41 Å². The first kappa shape index (κ1) is 12.4. The predicted octanol–water partition coefficient (Wildman–Crippen LogP) is 1.35. The Morgan fingerprint density at radius 2 is 2.00 bits per heavy atom. The molecule has 76 valence electrons. The molecule has 1 amide bonds. The van der Waals surface area contributed by atoms with E-state index in [1.165, 1.54) is 6.92 Å². The van der Waals surface area contributed by atoms with Gasteiger partial charge in [-0.25, -0.2) is 0 Å². The van der Waals surface area contributed by atoms with Gasteiger partial charge in [0.1, 0.15) is 0 Å². The van der Waals surface area contributed by atoms with Gasteiger partial charge in [0.05, 0.1) is 5.88 Å². The van der Waals surface area contributed by atoms with Crippen molar-refractivity contribution >= 4 is 23.3 Å². The second-order valence-electron chi connectivity index (χ2n) is 3.38. The smallest absolute Gasteiger partial charge is 0.216 e. The summed E-state index contributed by atoms with van der Waals surface area (Å²) in [6.07, 6.45) is 0.679. The topological polar surface area (TPSA) is 46.2 Å². The number of carbonyl (C=O) groups excluding carboxylic acids is 2. The van der Waals surface area contributed by atoms with Crippen LogP contribution in [0.1, 0.15) is 27.2 Å². The zero-order valence-electron chi connectivity index (χ0n) is 8.32. The molecule has 0 radical (unpaired) electrons. The summed E-state index contributed by atoms with van der Waals surface area (Å²) < 4.78 is 0. The lowest BCUT2D eigenvalue weighted by Gasteiger charge is -2.25. The van der Waals surface area contributed by atoms with Crippen molar-refractivity contribution in [3.8, 4) is 0 Å². The van der Waals surface area contributed by atoms with Gasteiger partial charge in [0.15, 0.2) is 5.78 Å². The van der Waals surface area contributed by atoms with Gasteiger partial charge in [-0.15, -0.1) is 11.6 Å². The van der Waals surface area contributed by atoms with E-state index in [2.05, 4.69) is 5.32 Å². The van der Waals surface area contributed by atoms with Gasteiger partial charge in [-0.3, -0.25) is 9.59 Å². The van der Waals surface area contributed by atoms with E-state index < -0.39 is 5.41 Å². The standard InChI is InChI=1S/C9H16ClNO2/c1-4-9(3,8(13)5-10)6-11-7(2)12/h4-6H2,1-3H3,(H,11,12). The van der Waals surface area contributed by atoms with Crippen molar-refractivity contribution in [1.29, 1.82) is 0 Å². The predicted molar refractivity (Wildman–Crippen MR) is 52.8 cm³/mol. The first-order chi connectivity index (χ1) is 5.96. The molecule has 0 aliphatic heterocycles. The Bertz CT molecular complexity index is 206. The number of alkyl halides is 1. The number of hydrogen-bond acceptors (Lipinski definition) is 2. The molecular weight excluding hydrogens is 190 g/mol. The summed E-state index contributed by atoms with van der Waals surface area (Å²) in [6.45, 7) is 5.52. The summed E-state index contributed by atoms with van der Waals surface area (Å²) >= 11 is 5.47. The second kappa shape index (κ2) is 5.22. The molecule has 0 fully saturated rings. The molecule has 0 aromatic heterocycles. The first-order valence-electron chi connectivity index (χ1n) is 4.30. The molecule has 3 nitrogen and oxygen atoms in total. The Morgan fingerprint density at radius 1 is 1.46 bits per heavy atom. The highest BCUT2D eigenvalue weighted by atomic mass is 35.5. The van der Waals surface area contributed by atoms with Crippen molar-refractivity contribution in [1.82, 2.24) is 5.32 Å². The number of halogens is 1. The molecule has 0 bridgehead atoms. The Hall–Kier alpha value is -0.570. The lowest BCUT2D eigenvalue weighted by molar-refractivity contribution is -0.126. The van der Waals surface area contributed by atoms with Crippen LogP contribution in [0.5, 0.6) is 0 Å². The van der Waals surface area contributed by atoms with Crippen LogP contribution >= 0.6 is 11.6 Å². The molecule has 1 unspecified atom stereocenters. The van der Waals surface area contributed by atoms with Gasteiger partial charge >= 0.3 is 0 Å². The van der Waals surface area contributed by atoms with Gasteiger partial charge in [0.2, 0.25) is 5.91 Å². The van der Waals surface area contributed by atoms with Crippen LogP contribution < -0.4 is 5.32 Å². The van der Waals surface area contributed by atoms with Gasteiger partial charge in [0, 0.05) is 18.9 Å². The Labute approximate surface area is 83.8 Å². The summed E-state index contributed by atoms with van der Waals surface area (Å²) in [6, 6.07) is 0. The maximum atomic E-state index is 11.4. The van der Waals surface area contributed by atoms with Gasteiger partial charge < -0.3 is 5.32 Å². The molecule has 0 spiro atoms. The fourth-order valence-corrected chi connectivity index (χ4v) is 1.22. The molecule has 1 atom stereocenters. The molecule has 1 N–H and O–H groups in total. The Morgan fingerprint density at radius 3 is 2.31 bits per heavy atom. The molecule has 0 rings (SSSR count). The minimum absolute atomic E-state index is 0.00389.